The minimum absolute atomic E-state index is 0.288. The molecule has 2 aliphatic rings. The van der Waals surface area contributed by atoms with Crippen LogP contribution in [0.25, 0.3) is 0 Å². The molecule has 32 heavy (non-hydrogen) atoms. The maximum absolute atomic E-state index is 7.38. The molecule has 0 saturated carbocycles. The Labute approximate surface area is 197 Å². The number of hydrogen-bond acceptors (Lipinski definition) is 1. The molecule has 0 amide bonds. The molecule has 1 nitrogen and oxygen atoms in total. The molecule has 3 atom stereocenters. The first kappa shape index (κ1) is 20.2. The minimum atomic E-state index is -2.42. The summed E-state index contributed by atoms with van der Waals surface area (Å²) >= 11 is 0.420. The van der Waals surface area contributed by atoms with Crippen LogP contribution in [0.15, 0.2) is 115 Å². The standard InChI is InChI=1S/C29H26OSeSi/c1-4-13-23(14-5-1)31-21-28-29-26-19-11-10-12-22(26)20-27(29)30-32(28,24-15-6-2-7-16-24)25-17-8-3-9-18-25/h1-19,27-29H,20-21H2/t27-,28?,29+/m0/s1. The summed E-state index contributed by atoms with van der Waals surface area (Å²) in [6, 6.07) is 42.5. The van der Waals surface area contributed by atoms with Gasteiger partial charge in [0.15, 0.2) is 0 Å². The molecule has 0 N–H and O–H groups in total. The molecule has 3 heteroatoms. The fourth-order valence-electron chi connectivity index (χ4n) is 5.79. The van der Waals surface area contributed by atoms with Crippen molar-refractivity contribution in [1.29, 1.82) is 0 Å². The van der Waals surface area contributed by atoms with Crippen LogP contribution in [0.5, 0.6) is 0 Å². The molecule has 1 saturated heterocycles. The SMILES string of the molecule is c1ccc([Se]CC2[C@@H]3c4ccccc4C[C@@H]3O[Si]2(c2ccccc2)c2ccccc2)cc1. The van der Waals surface area contributed by atoms with Crippen LogP contribution in [-0.2, 0) is 10.8 Å². The molecule has 1 aliphatic carbocycles. The summed E-state index contributed by atoms with van der Waals surface area (Å²) in [7, 11) is -2.42. The molecule has 1 unspecified atom stereocenters. The van der Waals surface area contributed by atoms with Gasteiger partial charge in [-0.05, 0) is 0 Å². The molecule has 1 heterocycles. The van der Waals surface area contributed by atoms with Crippen LogP contribution in [-0.4, -0.2) is 29.4 Å². The summed E-state index contributed by atoms with van der Waals surface area (Å²) in [5, 5.41) is 4.06. The quantitative estimate of drug-likeness (QED) is 0.374. The number of rotatable bonds is 5. The molecule has 1 aliphatic heterocycles. The van der Waals surface area contributed by atoms with Crippen LogP contribution in [0.4, 0.5) is 0 Å². The number of fused-ring (bicyclic) bond motifs is 3. The van der Waals surface area contributed by atoms with Crippen molar-refractivity contribution in [3.8, 4) is 0 Å². The van der Waals surface area contributed by atoms with Gasteiger partial charge in [-0.25, -0.2) is 0 Å². The zero-order valence-corrected chi connectivity index (χ0v) is 20.6. The van der Waals surface area contributed by atoms with Gasteiger partial charge < -0.3 is 0 Å². The Balaban J connectivity index is 1.51. The van der Waals surface area contributed by atoms with E-state index in [-0.39, 0.29) is 6.10 Å². The van der Waals surface area contributed by atoms with E-state index in [1.165, 1.54) is 31.3 Å². The molecule has 158 valence electrons. The summed E-state index contributed by atoms with van der Waals surface area (Å²) in [4.78, 5) is 0. The monoisotopic (exact) mass is 498 g/mol. The second-order valence-corrected chi connectivity index (χ2v) is 14.7. The fourth-order valence-corrected chi connectivity index (χ4v) is 14.5. The first-order valence-corrected chi connectivity index (χ1v) is 15.5. The number of hydrogen-bond donors (Lipinski definition) is 0. The zero-order chi connectivity index (χ0) is 21.4. The molecule has 1 fully saturated rings. The maximum atomic E-state index is 7.38. The van der Waals surface area contributed by atoms with E-state index < -0.39 is 8.32 Å². The van der Waals surface area contributed by atoms with Gasteiger partial charge in [0, 0.05) is 0 Å². The summed E-state index contributed by atoms with van der Waals surface area (Å²) < 4.78 is 8.86. The van der Waals surface area contributed by atoms with Gasteiger partial charge in [-0.1, -0.05) is 0 Å². The van der Waals surface area contributed by atoms with Crippen LogP contribution in [0, 0.1) is 0 Å². The molecule has 0 radical (unpaired) electrons. The van der Waals surface area contributed by atoms with Gasteiger partial charge in [-0.3, -0.25) is 0 Å². The van der Waals surface area contributed by atoms with Crippen molar-refractivity contribution in [2.45, 2.75) is 29.3 Å². The van der Waals surface area contributed by atoms with Crippen molar-refractivity contribution in [2.75, 3.05) is 0 Å². The molecular weight excluding hydrogens is 471 g/mol. The summed E-state index contributed by atoms with van der Waals surface area (Å²) in [6.07, 6.45) is 1.33. The van der Waals surface area contributed by atoms with Crippen molar-refractivity contribution in [1.82, 2.24) is 0 Å². The van der Waals surface area contributed by atoms with Crippen molar-refractivity contribution >= 4 is 38.1 Å². The van der Waals surface area contributed by atoms with Crippen molar-refractivity contribution in [3.63, 3.8) is 0 Å². The van der Waals surface area contributed by atoms with E-state index in [2.05, 4.69) is 115 Å². The Kier molecular flexibility index (Phi) is 5.36. The van der Waals surface area contributed by atoms with E-state index in [9.17, 15) is 0 Å². The van der Waals surface area contributed by atoms with Gasteiger partial charge in [0.1, 0.15) is 0 Å². The second kappa shape index (κ2) is 8.50. The Bertz CT molecular complexity index is 1160. The predicted molar refractivity (Wildman–Crippen MR) is 136 cm³/mol. The van der Waals surface area contributed by atoms with Crippen molar-refractivity contribution in [3.05, 3.63) is 126 Å². The molecule has 0 bridgehead atoms. The Morgan fingerprint density at radius 1 is 0.688 bits per heavy atom. The average Bonchev–Trinajstić information content (AvgIpc) is 3.38. The Hall–Kier alpha value is -2.42. The van der Waals surface area contributed by atoms with E-state index in [4.69, 9.17) is 4.43 Å². The topological polar surface area (TPSA) is 9.23 Å². The third-order valence-electron chi connectivity index (χ3n) is 7.11. The van der Waals surface area contributed by atoms with Crippen LogP contribution >= 0.6 is 0 Å². The molecular formula is C29H26OSeSi. The van der Waals surface area contributed by atoms with E-state index >= 15 is 0 Å². The van der Waals surface area contributed by atoms with Crippen LogP contribution in [0.2, 0.25) is 10.9 Å². The normalized spacial score (nSPS) is 22.9. The van der Waals surface area contributed by atoms with Gasteiger partial charge in [0.05, 0.1) is 0 Å². The van der Waals surface area contributed by atoms with E-state index in [0.717, 1.165) is 6.42 Å². The Morgan fingerprint density at radius 2 is 1.25 bits per heavy atom. The van der Waals surface area contributed by atoms with Crippen LogP contribution < -0.4 is 14.8 Å². The first-order valence-electron chi connectivity index (χ1n) is 11.4. The predicted octanol–water partition coefficient (Wildman–Crippen LogP) is 4.30. The zero-order valence-electron chi connectivity index (χ0n) is 17.9. The van der Waals surface area contributed by atoms with E-state index in [1.807, 2.05) is 0 Å². The van der Waals surface area contributed by atoms with Gasteiger partial charge in [0.25, 0.3) is 0 Å². The Morgan fingerprint density at radius 3 is 1.91 bits per heavy atom. The molecule has 4 aromatic carbocycles. The molecule has 4 aromatic rings. The summed E-state index contributed by atoms with van der Waals surface area (Å²) in [6.45, 7) is 0. The van der Waals surface area contributed by atoms with E-state index in [1.54, 1.807) is 0 Å². The molecule has 0 spiro atoms. The van der Waals surface area contributed by atoms with Crippen molar-refractivity contribution in [2.24, 2.45) is 0 Å². The third kappa shape index (κ3) is 3.32. The molecule has 6 rings (SSSR count). The molecule has 0 aromatic heterocycles. The van der Waals surface area contributed by atoms with E-state index in [0.29, 0.717) is 26.4 Å². The van der Waals surface area contributed by atoms with Gasteiger partial charge in [0.2, 0.25) is 0 Å². The number of benzene rings is 4. The van der Waals surface area contributed by atoms with Crippen LogP contribution in [0.1, 0.15) is 17.0 Å². The van der Waals surface area contributed by atoms with Crippen molar-refractivity contribution < 1.29 is 4.43 Å². The summed E-state index contributed by atoms with van der Waals surface area (Å²) in [5.74, 6) is 0.490. The average molecular weight is 498 g/mol. The van der Waals surface area contributed by atoms with Crippen LogP contribution in [0.3, 0.4) is 0 Å². The third-order valence-corrected chi connectivity index (χ3v) is 14.8. The summed E-state index contributed by atoms with van der Waals surface area (Å²) in [5.41, 5.74) is 3.55. The van der Waals surface area contributed by atoms with Gasteiger partial charge >= 0.3 is 198 Å². The second-order valence-electron chi connectivity index (χ2n) is 8.78. The fraction of sp³-hybridized carbons (Fsp3) is 0.172. The van der Waals surface area contributed by atoms with Gasteiger partial charge in [-0.15, -0.1) is 0 Å². The first-order chi connectivity index (χ1) is 15.9. The van der Waals surface area contributed by atoms with Gasteiger partial charge in [-0.2, -0.15) is 0 Å².